The van der Waals surface area contributed by atoms with Crippen LogP contribution in [0.3, 0.4) is 0 Å². The fourth-order valence-corrected chi connectivity index (χ4v) is 2.31. The van der Waals surface area contributed by atoms with Crippen molar-refractivity contribution in [2.45, 2.75) is 0 Å². The first-order valence-electron chi connectivity index (χ1n) is 4.69. The summed E-state index contributed by atoms with van der Waals surface area (Å²) < 4.78 is 0. The van der Waals surface area contributed by atoms with Gasteiger partial charge < -0.3 is 5.73 Å². The molecular formula is C12H7Cl4N. The van der Waals surface area contributed by atoms with Crippen LogP contribution in [0.15, 0.2) is 30.3 Å². The molecule has 0 aliphatic rings. The van der Waals surface area contributed by atoms with Crippen molar-refractivity contribution in [1.82, 2.24) is 0 Å². The van der Waals surface area contributed by atoms with Gasteiger partial charge in [-0.3, -0.25) is 0 Å². The Morgan fingerprint density at radius 2 is 1.47 bits per heavy atom. The molecule has 2 rings (SSSR count). The molecule has 0 saturated heterocycles. The van der Waals surface area contributed by atoms with Gasteiger partial charge >= 0.3 is 0 Å². The summed E-state index contributed by atoms with van der Waals surface area (Å²) in [6.07, 6.45) is 0. The lowest BCUT2D eigenvalue weighted by Gasteiger charge is -2.10. The molecule has 0 unspecified atom stereocenters. The number of hydrogen-bond acceptors (Lipinski definition) is 1. The molecule has 0 amide bonds. The smallest absolute Gasteiger partial charge is 0.0784 e. The van der Waals surface area contributed by atoms with E-state index in [0.717, 1.165) is 5.56 Å². The van der Waals surface area contributed by atoms with Gasteiger partial charge in [0.2, 0.25) is 0 Å². The molecule has 1 nitrogen and oxygen atoms in total. The molecular weight excluding hydrogens is 300 g/mol. The highest BCUT2D eigenvalue weighted by Gasteiger charge is 2.12. The van der Waals surface area contributed by atoms with Crippen LogP contribution in [-0.4, -0.2) is 0 Å². The zero-order chi connectivity index (χ0) is 12.6. The highest BCUT2D eigenvalue weighted by Crippen LogP contribution is 2.40. The standard InChI is InChI=1S/C12H7Cl4N/c13-6-1-4-10(17)8(5-6)7-2-3-9(14)12(16)11(7)15/h1-5H,17H2. The Morgan fingerprint density at radius 3 is 2.18 bits per heavy atom. The highest BCUT2D eigenvalue weighted by molar-refractivity contribution is 6.49. The van der Waals surface area contributed by atoms with Gasteiger partial charge in [-0.05, 0) is 24.3 Å². The quantitative estimate of drug-likeness (QED) is 0.542. The third-order valence-electron chi connectivity index (χ3n) is 2.34. The summed E-state index contributed by atoms with van der Waals surface area (Å²) in [5.41, 5.74) is 7.91. The predicted molar refractivity (Wildman–Crippen MR) is 76.3 cm³/mol. The number of rotatable bonds is 1. The minimum atomic E-state index is 0.310. The summed E-state index contributed by atoms with van der Waals surface area (Å²) >= 11 is 23.9. The van der Waals surface area contributed by atoms with Crippen molar-refractivity contribution in [2.75, 3.05) is 5.73 Å². The molecule has 2 aromatic carbocycles. The van der Waals surface area contributed by atoms with Crippen LogP contribution in [0.25, 0.3) is 11.1 Å². The Morgan fingerprint density at radius 1 is 0.765 bits per heavy atom. The SMILES string of the molecule is Nc1ccc(Cl)cc1-c1ccc(Cl)c(Cl)c1Cl. The molecule has 0 aliphatic carbocycles. The molecule has 0 saturated carbocycles. The second-order valence-electron chi connectivity index (χ2n) is 3.45. The van der Waals surface area contributed by atoms with Crippen LogP contribution < -0.4 is 5.73 Å². The largest absolute Gasteiger partial charge is 0.398 e. The molecule has 0 fully saturated rings. The van der Waals surface area contributed by atoms with E-state index in [1.165, 1.54) is 0 Å². The molecule has 5 heteroatoms. The van der Waals surface area contributed by atoms with Crippen molar-refractivity contribution >= 4 is 52.1 Å². The monoisotopic (exact) mass is 305 g/mol. The molecule has 0 heterocycles. The summed E-state index contributed by atoms with van der Waals surface area (Å²) in [5, 5.41) is 1.66. The Kier molecular flexibility index (Phi) is 3.74. The lowest BCUT2D eigenvalue weighted by Crippen LogP contribution is -1.91. The van der Waals surface area contributed by atoms with E-state index in [9.17, 15) is 0 Å². The highest BCUT2D eigenvalue weighted by atomic mass is 35.5. The van der Waals surface area contributed by atoms with Crippen molar-refractivity contribution in [3.63, 3.8) is 0 Å². The summed E-state index contributed by atoms with van der Waals surface area (Å²) in [7, 11) is 0. The molecule has 2 aromatic rings. The van der Waals surface area contributed by atoms with Crippen LogP contribution in [-0.2, 0) is 0 Å². The summed E-state index contributed by atoms with van der Waals surface area (Å²) in [4.78, 5) is 0. The first kappa shape index (κ1) is 12.8. The van der Waals surface area contributed by atoms with Gasteiger partial charge in [0, 0.05) is 21.8 Å². The normalized spacial score (nSPS) is 10.6. The van der Waals surface area contributed by atoms with Gasteiger partial charge in [-0.15, -0.1) is 0 Å². The zero-order valence-corrected chi connectivity index (χ0v) is 11.5. The Bertz CT molecular complexity index is 581. The molecule has 0 aromatic heterocycles. The van der Waals surface area contributed by atoms with Gasteiger partial charge in [0.1, 0.15) is 0 Å². The molecule has 2 N–H and O–H groups in total. The van der Waals surface area contributed by atoms with Crippen LogP contribution in [0.4, 0.5) is 5.69 Å². The topological polar surface area (TPSA) is 26.0 Å². The predicted octanol–water partition coefficient (Wildman–Crippen LogP) is 5.55. The molecule has 0 aliphatic heterocycles. The fraction of sp³-hybridized carbons (Fsp3) is 0. The van der Waals surface area contributed by atoms with Crippen molar-refractivity contribution in [3.05, 3.63) is 50.4 Å². The summed E-state index contributed by atoms with van der Waals surface area (Å²) in [5.74, 6) is 0. The number of nitrogens with two attached hydrogens (primary N) is 1. The molecule has 0 radical (unpaired) electrons. The average Bonchev–Trinajstić information content (AvgIpc) is 2.30. The van der Waals surface area contributed by atoms with E-state index in [1.807, 2.05) is 0 Å². The Labute approximate surface area is 119 Å². The van der Waals surface area contributed by atoms with Crippen LogP contribution in [0, 0.1) is 0 Å². The number of hydrogen-bond donors (Lipinski definition) is 1. The zero-order valence-electron chi connectivity index (χ0n) is 8.48. The molecule has 17 heavy (non-hydrogen) atoms. The summed E-state index contributed by atoms with van der Waals surface area (Å²) in [6, 6.07) is 8.61. The van der Waals surface area contributed by atoms with E-state index < -0.39 is 0 Å². The molecule has 0 bridgehead atoms. The van der Waals surface area contributed by atoms with Gasteiger partial charge in [0.15, 0.2) is 0 Å². The lowest BCUT2D eigenvalue weighted by atomic mass is 10.0. The van der Waals surface area contributed by atoms with Gasteiger partial charge in [-0.25, -0.2) is 0 Å². The maximum Gasteiger partial charge on any atom is 0.0784 e. The Hall–Kier alpha value is -0.600. The van der Waals surface area contributed by atoms with E-state index in [2.05, 4.69) is 0 Å². The average molecular weight is 307 g/mol. The lowest BCUT2D eigenvalue weighted by molar-refractivity contribution is 1.61. The first-order chi connectivity index (χ1) is 8.00. The minimum Gasteiger partial charge on any atom is -0.398 e. The Balaban J connectivity index is 2.69. The van der Waals surface area contributed by atoms with E-state index >= 15 is 0 Å². The fourth-order valence-electron chi connectivity index (χ4n) is 1.50. The van der Waals surface area contributed by atoms with Crippen LogP contribution >= 0.6 is 46.4 Å². The van der Waals surface area contributed by atoms with Gasteiger partial charge in [-0.1, -0.05) is 52.5 Å². The first-order valence-corrected chi connectivity index (χ1v) is 6.21. The second kappa shape index (κ2) is 4.95. The number of halogens is 4. The molecule has 0 atom stereocenters. The van der Waals surface area contributed by atoms with Crippen LogP contribution in [0.1, 0.15) is 0 Å². The number of anilines is 1. The van der Waals surface area contributed by atoms with Gasteiger partial charge in [0.25, 0.3) is 0 Å². The van der Waals surface area contributed by atoms with Crippen LogP contribution in [0.2, 0.25) is 20.1 Å². The number of benzene rings is 2. The maximum absolute atomic E-state index is 6.14. The summed E-state index contributed by atoms with van der Waals surface area (Å²) in [6.45, 7) is 0. The third-order valence-corrected chi connectivity index (χ3v) is 3.87. The van der Waals surface area contributed by atoms with E-state index in [-0.39, 0.29) is 0 Å². The van der Waals surface area contributed by atoms with Gasteiger partial charge in [0.05, 0.1) is 15.1 Å². The molecule has 0 spiro atoms. The van der Waals surface area contributed by atoms with Crippen molar-refractivity contribution in [3.8, 4) is 11.1 Å². The van der Waals surface area contributed by atoms with E-state index in [0.29, 0.717) is 31.3 Å². The maximum atomic E-state index is 6.14. The van der Waals surface area contributed by atoms with Crippen molar-refractivity contribution < 1.29 is 0 Å². The van der Waals surface area contributed by atoms with Crippen LogP contribution in [0.5, 0.6) is 0 Å². The third kappa shape index (κ3) is 2.48. The van der Waals surface area contributed by atoms with Crippen molar-refractivity contribution in [1.29, 1.82) is 0 Å². The molecule has 88 valence electrons. The minimum absolute atomic E-state index is 0.310. The number of nitrogen functional groups attached to an aromatic ring is 1. The van der Waals surface area contributed by atoms with E-state index in [4.69, 9.17) is 52.1 Å². The van der Waals surface area contributed by atoms with Crippen molar-refractivity contribution in [2.24, 2.45) is 0 Å². The van der Waals surface area contributed by atoms with Gasteiger partial charge in [-0.2, -0.15) is 0 Å². The second-order valence-corrected chi connectivity index (χ2v) is 5.05. The van der Waals surface area contributed by atoms with E-state index in [1.54, 1.807) is 30.3 Å².